The van der Waals surface area contributed by atoms with Crippen molar-refractivity contribution in [3.63, 3.8) is 0 Å². The first-order chi connectivity index (χ1) is 9.11. The van der Waals surface area contributed by atoms with E-state index in [0.29, 0.717) is 5.56 Å². The predicted molar refractivity (Wildman–Crippen MR) is 71.0 cm³/mol. The Morgan fingerprint density at radius 1 is 1.53 bits per heavy atom. The molecule has 1 aliphatic heterocycles. The molecule has 1 heterocycles. The van der Waals surface area contributed by atoms with Crippen molar-refractivity contribution in [2.75, 3.05) is 11.9 Å². The Balaban J connectivity index is 2.11. The van der Waals surface area contributed by atoms with Crippen molar-refractivity contribution in [3.8, 4) is 12.3 Å². The second kappa shape index (κ2) is 5.44. The number of fused-ring (bicyclic) bond motifs is 1. The number of carboxylic acid groups (broad SMARTS) is 1. The summed E-state index contributed by atoms with van der Waals surface area (Å²) in [4.78, 5) is 22.9. The highest BCUT2D eigenvalue weighted by Gasteiger charge is 2.20. The Labute approximate surface area is 111 Å². The van der Waals surface area contributed by atoms with Crippen LogP contribution in [-0.4, -0.2) is 29.6 Å². The third kappa shape index (κ3) is 2.86. The maximum atomic E-state index is 12.0. The van der Waals surface area contributed by atoms with Gasteiger partial charge in [0, 0.05) is 24.2 Å². The number of benzene rings is 1. The SMILES string of the molecule is C#CCC(NC(=O)c1ccc2c(c1)NCC2)C(=O)O. The maximum Gasteiger partial charge on any atom is 0.327 e. The van der Waals surface area contributed by atoms with Crippen molar-refractivity contribution in [1.82, 2.24) is 5.32 Å². The summed E-state index contributed by atoms with van der Waals surface area (Å²) in [5.41, 5.74) is 2.52. The second-order valence-corrected chi connectivity index (χ2v) is 4.32. The van der Waals surface area contributed by atoms with E-state index in [4.69, 9.17) is 11.5 Å². The van der Waals surface area contributed by atoms with Crippen LogP contribution >= 0.6 is 0 Å². The lowest BCUT2D eigenvalue weighted by molar-refractivity contribution is -0.139. The smallest absolute Gasteiger partial charge is 0.327 e. The fourth-order valence-corrected chi connectivity index (χ4v) is 1.99. The number of nitrogens with one attached hydrogen (secondary N) is 2. The third-order valence-corrected chi connectivity index (χ3v) is 3.01. The van der Waals surface area contributed by atoms with Gasteiger partial charge >= 0.3 is 5.97 Å². The lowest BCUT2D eigenvalue weighted by Crippen LogP contribution is -2.40. The van der Waals surface area contributed by atoms with E-state index in [0.717, 1.165) is 24.2 Å². The molecular weight excluding hydrogens is 244 g/mol. The summed E-state index contributed by atoms with van der Waals surface area (Å²) in [6, 6.07) is 4.24. The molecule has 0 aliphatic carbocycles. The van der Waals surface area contributed by atoms with Crippen molar-refractivity contribution >= 4 is 17.6 Å². The number of terminal acetylenes is 1. The van der Waals surface area contributed by atoms with Gasteiger partial charge in [0.25, 0.3) is 5.91 Å². The molecule has 0 bridgehead atoms. The number of carbonyl (C=O) groups is 2. The van der Waals surface area contributed by atoms with Gasteiger partial charge in [0.2, 0.25) is 0 Å². The van der Waals surface area contributed by atoms with Gasteiger partial charge in [-0.2, -0.15) is 0 Å². The number of hydrogen-bond donors (Lipinski definition) is 3. The zero-order chi connectivity index (χ0) is 13.8. The standard InChI is InChI=1S/C14H14N2O3/c1-2-3-11(14(18)19)16-13(17)10-5-4-9-6-7-15-12(9)8-10/h1,4-5,8,11,15H,3,6-7H2,(H,16,17)(H,18,19). The van der Waals surface area contributed by atoms with Gasteiger partial charge in [-0.05, 0) is 24.1 Å². The Kier molecular flexibility index (Phi) is 3.71. The van der Waals surface area contributed by atoms with Gasteiger partial charge in [0.05, 0.1) is 0 Å². The van der Waals surface area contributed by atoms with E-state index in [9.17, 15) is 9.59 Å². The largest absolute Gasteiger partial charge is 0.480 e. The van der Waals surface area contributed by atoms with Crippen LogP contribution in [0.4, 0.5) is 5.69 Å². The average Bonchev–Trinajstić information content (AvgIpc) is 2.85. The van der Waals surface area contributed by atoms with Gasteiger partial charge in [-0.1, -0.05) is 6.07 Å². The number of carboxylic acids is 1. The van der Waals surface area contributed by atoms with Gasteiger partial charge in [-0.25, -0.2) is 4.79 Å². The summed E-state index contributed by atoms with van der Waals surface area (Å²) in [6.45, 7) is 0.856. The van der Waals surface area contributed by atoms with Crippen LogP contribution in [0.3, 0.4) is 0 Å². The van der Waals surface area contributed by atoms with Crippen molar-refractivity contribution in [2.45, 2.75) is 18.9 Å². The molecule has 0 aromatic heterocycles. The normalized spacial score (nSPS) is 13.8. The van der Waals surface area contributed by atoms with E-state index in [1.165, 1.54) is 0 Å². The van der Waals surface area contributed by atoms with Gasteiger partial charge in [0.1, 0.15) is 6.04 Å². The molecule has 1 unspecified atom stereocenters. The molecule has 1 aromatic carbocycles. The number of hydrogen-bond acceptors (Lipinski definition) is 3. The molecular formula is C14H14N2O3. The summed E-state index contributed by atoms with van der Waals surface area (Å²) in [7, 11) is 0. The van der Waals surface area contributed by atoms with E-state index in [1.807, 2.05) is 6.07 Å². The van der Waals surface area contributed by atoms with E-state index in [1.54, 1.807) is 12.1 Å². The average molecular weight is 258 g/mol. The molecule has 3 N–H and O–H groups in total. The summed E-state index contributed by atoms with van der Waals surface area (Å²) in [5, 5.41) is 14.5. The minimum atomic E-state index is -1.13. The number of anilines is 1. The van der Waals surface area contributed by atoms with Crippen LogP contribution in [-0.2, 0) is 11.2 Å². The van der Waals surface area contributed by atoms with Crippen molar-refractivity contribution < 1.29 is 14.7 Å². The minimum Gasteiger partial charge on any atom is -0.480 e. The summed E-state index contributed by atoms with van der Waals surface area (Å²) < 4.78 is 0. The van der Waals surface area contributed by atoms with Crippen LogP contribution in [0.15, 0.2) is 18.2 Å². The summed E-state index contributed by atoms with van der Waals surface area (Å²) >= 11 is 0. The van der Waals surface area contributed by atoms with Gasteiger partial charge < -0.3 is 15.7 Å². The minimum absolute atomic E-state index is 0.0374. The topological polar surface area (TPSA) is 78.4 Å². The van der Waals surface area contributed by atoms with Crippen LogP contribution in [0.1, 0.15) is 22.3 Å². The molecule has 0 fully saturated rings. The first-order valence-electron chi connectivity index (χ1n) is 5.95. The molecule has 5 nitrogen and oxygen atoms in total. The molecule has 2 rings (SSSR count). The van der Waals surface area contributed by atoms with E-state index >= 15 is 0 Å². The van der Waals surface area contributed by atoms with Crippen LogP contribution in [0.5, 0.6) is 0 Å². The quantitative estimate of drug-likeness (QED) is 0.700. The molecule has 5 heteroatoms. The third-order valence-electron chi connectivity index (χ3n) is 3.01. The molecule has 0 spiro atoms. The predicted octanol–water partition coefficient (Wildman–Crippen LogP) is 0.861. The fourth-order valence-electron chi connectivity index (χ4n) is 1.99. The first kappa shape index (κ1) is 13.0. The Hall–Kier alpha value is -2.48. The highest BCUT2D eigenvalue weighted by atomic mass is 16.4. The summed E-state index contributed by atoms with van der Waals surface area (Å²) in [5.74, 6) is 0.675. The summed E-state index contributed by atoms with van der Waals surface area (Å²) in [6.07, 6.45) is 5.98. The van der Waals surface area contributed by atoms with Crippen LogP contribution in [0.2, 0.25) is 0 Å². The lowest BCUT2D eigenvalue weighted by Gasteiger charge is -2.12. The highest BCUT2D eigenvalue weighted by Crippen LogP contribution is 2.23. The number of rotatable bonds is 4. The second-order valence-electron chi connectivity index (χ2n) is 4.32. The molecule has 98 valence electrons. The molecule has 19 heavy (non-hydrogen) atoms. The van der Waals surface area contributed by atoms with Crippen molar-refractivity contribution in [2.24, 2.45) is 0 Å². The molecule has 1 aliphatic rings. The maximum absolute atomic E-state index is 12.0. The molecule has 0 saturated heterocycles. The molecule has 0 saturated carbocycles. The van der Waals surface area contributed by atoms with Gasteiger partial charge in [-0.15, -0.1) is 12.3 Å². The van der Waals surface area contributed by atoms with Crippen molar-refractivity contribution in [3.05, 3.63) is 29.3 Å². The monoisotopic (exact) mass is 258 g/mol. The van der Waals surface area contributed by atoms with Crippen LogP contribution in [0, 0.1) is 12.3 Å². The molecule has 0 radical (unpaired) electrons. The number of aliphatic carboxylic acids is 1. The first-order valence-corrected chi connectivity index (χ1v) is 5.95. The molecule has 1 atom stereocenters. The van der Waals surface area contributed by atoms with E-state index in [2.05, 4.69) is 16.6 Å². The Bertz CT molecular complexity index is 560. The van der Waals surface area contributed by atoms with Crippen LogP contribution in [0.25, 0.3) is 0 Å². The zero-order valence-electron chi connectivity index (χ0n) is 10.3. The molecule has 1 aromatic rings. The molecule has 1 amide bonds. The Morgan fingerprint density at radius 2 is 2.32 bits per heavy atom. The lowest BCUT2D eigenvalue weighted by atomic mass is 10.1. The zero-order valence-corrected chi connectivity index (χ0v) is 10.3. The number of carbonyl (C=O) groups excluding carboxylic acids is 1. The Morgan fingerprint density at radius 3 is 3.00 bits per heavy atom. The highest BCUT2D eigenvalue weighted by molar-refractivity contribution is 5.97. The number of amides is 1. The van der Waals surface area contributed by atoms with Gasteiger partial charge in [-0.3, -0.25) is 4.79 Å². The van der Waals surface area contributed by atoms with E-state index < -0.39 is 17.9 Å². The van der Waals surface area contributed by atoms with Gasteiger partial charge in [0.15, 0.2) is 0 Å². The van der Waals surface area contributed by atoms with Crippen molar-refractivity contribution in [1.29, 1.82) is 0 Å². The van der Waals surface area contributed by atoms with Crippen LogP contribution < -0.4 is 10.6 Å². The fraction of sp³-hybridized carbons (Fsp3) is 0.286. The van der Waals surface area contributed by atoms with E-state index in [-0.39, 0.29) is 6.42 Å².